The van der Waals surface area contributed by atoms with Crippen molar-refractivity contribution < 1.29 is 9.59 Å². The highest BCUT2D eigenvalue weighted by atomic mass is 79.9. The summed E-state index contributed by atoms with van der Waals surface area (Å²) in [7, 11) is 0. The number of amides is 2. The number of nitrogens with one attached hydrogen (secondary N) is 2. The molecule has 7 nitrogen and oxygen atoms in total. The highest BCUT2D eigenvalue weighted by molar-refractivity contribution is 9.10. The van der Waals surface area contributed by atoms with Crippen LogP contribution in [0.4, 0.5) is 11.4 Å². The van der Waals surface area contributed by atoms with E-state index in [1.54, 1.807) is 80.8 Å². The van der Waals surface area contributed by atoms with Crippen LogP contribution in [0.25, 0.3) is 11.0 Å². The molecular formula is C26H20BrN5O2. The highest BCUT2D eigenvalue weighted by Crippen LogP contribution is 2.28. The zero-order chi connectivity index (χ0) is 24.3. The number of hydrogen-bond acceptors (Lipinski definition) is 5. The van der Waals surface area contributed by atoms with Crippen molar-refractivity contribution in [3.05, 3.63) is 94.2 Å². The van der Waals surface area contributed by atoms with Gasteiger partial charge in [-0.15, -0.1) is 0 Å². The Labute approximate surface area is 205 Å². The second-order valence-corrected chi connectivity index (χ2v) is 9.03. The molecule has 4 rings (SSSR count). The van der Waals surface area contributed by atoms with Gasteiger partial charge in [0.2, 0.25) is 0 Å². The molecule has 8 heteroatoms. The maximum atomic E-state index is 12.8. The lowest BCUT2D eigenvalue weighted by Crippen LogP contribution is -2.17. The van der Waals surface area contributed by atoms with E-state index in [1.165, 1.54) is 0 Å². The first kappa shape index (κ1) is 23.1. The van der Waals surface area contributed by atoms with Crippen LogP contribution >= 0.6 is 15.9 Å². The number of aromatic nitrogens is 2. The predicted molar refractivity (Wildman–Crippen MR) is 135 cm³/mol. The number of anilines is 2. The van der Waals surface area contributed by atoms with Crippen molar-refractivity contribution >= 4 is 50.2 Å². The van der Waals surface area contributed by atoms with Gasteiger partial charge in [-0.2, -0.15) is 5.26 Å². The minimum atomic E-state index is -0.709. The molecule has 34 heavy (non-hydrogen) atoms. The Morgan fingerprint density at radius 3 is 2.35 bits per heavy atom. The number of hydrogen-bond donors (Lipinski definition) is 2. The summed E-state index contributed by atoms with van der Waals surface area (Å²) in [6.45, 7) is 3.60. The van der Waals surface area contributed by atoms with Crippen LogP contribution in [0.15, 0.2) is 77.5 Å². The third-order valence-electron chi connectivity index (χ3n) is 5.33. The number of carbonyl (C=O) groups excluding carboxylic acids is 2. The van der Waals surface area contributed by atoms with Gasteiger partial charge in [-0.25, -0.2) is 0 Å². The first-order valence-electron chi connectivity index (χ1n) is 10.4. The fraction of sp³-hybridized carbons (Fsp3) is 0.115. The van der Waals surface area contributed by atoms with Crippen LogP contribution in [-0.4, -0.2) is 21.8 Å². The number of nitrogens with zero attached hydrogens (tertiary/aromatic N) is 3. The molecule has 2 amide bonds. The molecule has 0 saturated carbocycles. The van der Waals surface area contributed by atoms with Crippen molar-refractivity contribution in [1.82, 2.24) is 9.97 Å². The lowest BCUT2D eigenvalue weighted by Gasteiger charge is -2.16. The molecule has 1 aromatic heterocycles. The normalized spacial score (nSPS) is 11.0. The van der Waals surface area contributed by atoms with Crippen molar-refractivity contribution in [3.63, 3.8) is 0 Å². The molecule has 1 heterocycles. The molecule has 3 aromatic carbocycles. The SMILES string of the molecule is CC(C)(C#N)c1cccc(C(=O)Nc2ccc(Br)c(NC(=O)c3ccc4nccnc4c3)c2)c1. The van der Waals surface area contributed by atoms with E-state index in [-0.39, 0.29) is 11.8 Å². The topological polar surface area (TPSA) is 108 Å². The third kappa shape index (κ3) is 4.95. The summed E-state index contributed by atoms with van der Waals surface area (Å²) >= 11 is 3.44. The van der Waals surface area contributed by atoms with Gasteiger partial charge in [-0.1, -0.05) is 12.1 Å². The van der Waals surface area contributed by atoms with E-state index in [9.17, 15) is 14.9 Å². The van der Waals surface area contributed by atoms with E-state index in [1.807, 2.05) is 6.07 Å². The molecule has 168 valence electrons. The van der Waals surface area contributed by atoms with Crippen molar-refractivity contribution in [2.75, 3.05) is 10.6 Å². The zero-order valence-electron chi connectivity index (χ0n) is 18.5. The van der Waals surface area contributed by atoms with Crippen LogP contribution in [0.1, 0.15) is 40.1 Å². The largest absolute Gasteiger partial charge is 0.322 e. The van der Waals surface area contributed by atoms with Gasteiger partial charge in [-0.05, 0) is 83.9 Å². The molecule has 0 saturated heterocycles. The summed E-state index contributed by atoms with van der Waals surface area (Å²) in [5.41, 5.74) is 3.26. The Kier molecular flexibility index (Phi) is 6.39. The molecule has 0 aliphatic carbocycles. The Balaban J connectivity index is 1.53. The maximum Gasteiger partial charge on any atom is 0.255 e. The molecule has 0 atom stereocenters. The number of nitriles is 1. The monoisotopic (exact) mass is 513 g/mol. The Morgan fingerprint density at radius 2 is 1.59 bits per heavy atom. The van der Waals surface area contributed by atoms with Gasteiger partial charge in [0, 0.05) is 33.7 Å². The van der Waals surface area contributed by atoms with E-state index < -0.39 is 5.41 Å². The number of fused-ring (bicyclic) bond motifs is 1. The molecule has 0 bridgehead atoms. The second kappa shape index (κ2) is 9.41. The lowest BCUT2D eigenvalue weighted by molar-refractivity contribution is 0.101. The fourth-order valence-electron chi connectivity index (χ4n) is 3.31. The van der Waals surface area contributed by atoms with Gasteiger partial charge in [0.05, 0.1) is 28.2 Å². The van der Waals surface area contributed by atoms with Crippen LogP contribution < -0.4 is 10.6 Å². The van der Waals surface area contributed by atoms with E-state index >= 15 is 0 Å². The molecule has 0 radical (unpaired) electrons. The Bertz CT molecular complexity index is 1460. The predicted octanol–water partition coefficient (Wildman–Crippen LogP) is 5.70. The average Bonchev–Trinajstić information content (AvgIpc) is 2.85. The summed E-state index contributed by atoms with van der Waals surface area (Å²) in [6, 6.07) is 19.5. The van der Waals surface area contributed by atoms with Crippen LogP contribution in [0.5, 0.6) is 0 Å². The third-order valence-corrected chi connectivity index (χ3v) is 6.02. The summed E-state index contributed by atoms with van der Waals surface area (Å²) in [5, 5.41) is 15.1. The molecule has 0 spiro atoms. The minimum absolute atomic E-state index is 0.316. The average molecular weight is 514 g/mol. The minimum Gasteiger partial charge on any atom is -0.322 e. The number of rotatable bonds is 5. The quantitative estimate of drug-likeness (QED) is 0.355. The van der Waals surface area contributed by atoms with Crippen LogP contribution in [0, 0.1) is 11.3 Å². The Hall–Kier alpha value is -4.09. The van der Waals surface area contributed by atoms with Gasteiger partial charge >= 0.3 is 0 Å². The molecular weight excluding hydrogens is 494 g/mol. The number of benzene rings is 3. The molecule has 2 N–H and O–H groups in total. The van der Waals surface area contributed by atoms with Crippen LogP contribution in [0.2, 0.25) is 0 Å². The highest BCUT2D eigenvalue weighted by Gasteiger charge is 2.21. The van der Waals surface area contributed by atoms with Crippen molar-refractivity contribution in [3.8, 4) is 6.07 Å². The van der Waals surface area contributed by atoms with Gasteiger partial charge < -0.3 is 10.6 Å². The van der Waals surface area contributed by atoms with Crippen molar-refractivity contribution in [1.29, 1.82) is 5.26 Å². The van der Waals surface area contributed by atoms with E-state index in [4.69, 9.17) is 0 Å². The number of carbonyl (C=O) groups is 2. The molecule has 0 aliphatic heterocycles. The second-order valence-electron chi connectivity index (χ2n) is 8.18. The standard InChI is InChI=1S/C26H20BrN5O2/c1-26(2,15-28)18-5-3-4-16(12-18)24(33)31-19-7-8-20(27)22(14-19)32-25(34)17-6-9-21-23(13-17)30-11-10-29-21/h3-14H,1-2H3,(H,31,33)(H,32,34). The molecule has 0 fully saturated rings. The van der Waals surface area contributed by atoms with Crippen molar-refractivity contribution in [2.24, 2.45) is 0 Å². The van der Waals surface area contributed by atoms with Gasteiger partial charge in [0.1, 0.15) is 0 Å². The molecule has 0 aliphatic rings. The van der Waals surface area contributed by atoms with Gasteiger partial charge in [0.25, 0.3) is 11.8 Å². The maximum absolute atomic E-state index is 12.8. The fourth-order valence-corrected chi connectivity index (χ4v) is 3.66. The summed E-state index contributed by atoms with van der Waals surface area (Å²) < 4.78 is 0.664. The first-order chi connectivity index (χ1) is 16.3. The van der Waals surface area contributed by atoms with Crippen molar-refractivity contribution in [2.45, 2.75) is 19.3 Å². The first-order valence-corrected chi connectivity index (χ1v) is 11.2. The van der Waals surface area contributed by atoms with Crippen LogP contribution in [-0.2, 0) is 5.41 Å². The molecule has 4 aromatic rings. The summed E-state index contributed by atoms with van der Waals surface area (Å²) in [4.78, 5) is 34.1. The van der Waals surface area contributed by atoms with E-state index in [0.717, 1.165) is 5.56 Å². The summed E-state index contributed by atoms with van der Waals surface area (Å²) in [6.07, 6.45) is 3.17. The Morgan fingerprint density at radius 1 is 0.882 bits per heavy atom. The number of halogens is 1. The molecule has 0 unspecified atom stereocenters. The lowest BCUT2D eigenvalue weighted by atomic mass is 9.85. The zero-order valence-corrected chi connectivity index (χ0v) is 20.1. The van der Waals surface area contributed by atoms with E-state index in [0.29, 0.717) is 38.0 Å². The smallest absolute Gasteiger partial charge is 0.255 e. The van der Waals surface area contributed by atoms with Gasteiger partial charge in [-0.3, -0.25) is 19.6 Å². The van der Waals surface area contributed by atoms with Gasteiger partial charge in [0.15, 0.2) is 0 Å². The van der Waals surface area contributed by atoms with Crippen LogP contribution in [0.3, 0.4) is 0 Å². The summed E-state index contributed by atoms with van der Waals surface area (Å²) in [5.74, 6) is -0.633. The van der Waals surface area contributed by atoms with E-state index in [2.05, 4.69) is 42.6 Å².